The van der Waals surface area contributed by atoms with Crippen molar-refractivity contribution in [2.24, 2.45) is 15.4 Å². The van der Waals surface area contributed by atoms with Crippen molar-refractivity contribution in [1.29, 1.82) is 0 Å². The number of piperidine rings is 1. The zero-order valence-corrected chi connectivity index (χ0v) is 22.5. The molecule has 0 aliphatic carbocycles. The standard InChI is InChI=1S/C27H32F3N5O3S/c1-19(32-39(36,37)22-7-5-6-21(15-22)27(28,29)30)16-26(18-31-34-33-26)24-10-13-38-25-14-20(8-9-23(24)25)17-35-11-3-2-4-12-35/h5-9,14-15,18-19,24,32H,2-4,10-13,16-17H2,1H3. The molecule has 3 atom stereocenters. The van der Waals surface area contributed by atoms with Gasteiger partial charge in [0.05, 0.1) is 23.3 Å². The summed E-state index contributed by atoms with van der Waals surface area (Å²) >= 11 is 0. The van der Waals surface area contributed by atoms with Crippen LogP contribution in [-0.4, -0.2) is 50.8 Å². The van der Waals surface area contributed by atoms with Crippen molar-refractivity contribution in [3.8, 4) is 5.75 Å². The van der Waals surface area contributed by atoms with Gasteiger partial charge in [-0.25, -0.2) is 13.1 Å². The molecule has 8 nitrogen and oxygen atoms in total. The number of hydrogen-bond donors (Lipinski definition) is 1. The van der Waals surface area contributed by atoms with Crippen LogP contribution in [0.1, 0.15) is 61.6 Å². The van der Waals surface area contributed by atoms with E-state index in [4.69, 9.17) is 4.74 Å². The van der Waals surface area contributed by atoms with Crippen LogP contribution in [0.25, 0.3) is 0 Å². The first kappa shape index (κ1) is 27.7. The van der Waals surface area contributed by atoms with Gasteiger partial charge in [0.25, 0.3) is 0 Å². The van der Waals surface area contributed by atoms with Crippen LogP contribution in [0, 0.1) is 0 Å². The van der Waals surface area contributed by atoms with Crippen LogP contribution < -0.4 is 9.46 Å². The van der Waals surface area contributed by atoms with Gasteiger partial charge in [0.2, 0.25) is 10.0 Å². The molecule has 1 N–H and O–H groups in total. The number of nitrogens with zero attached hydrogens (tertiary/aromatic N) is 4. The number of halogens is 3. The maximum Gasteiger partial charge on any atom is 0.416 e. The average Bonchev–Trinajstić information content (AvgIpc) is 3.37. The Morgan fingerprint density at radius 3 is 2.67 bits per heavy atom. The molecule has 3 heterocycles. The first-order valence-electron chi connectivity index (χ1n) is 13.2. The Morgan fingerprint density at radius 2 is 1.95 bits per heavy atom. The Kier molecular flexibility index (Phi) is 7.80. The highest BCUT2D eigenvalue weighted by atomic mass is 32.2. The lowest BCUT2D eigenvalue weighted by Crippen LogP contribution is -2.44. The van der Waals surface area contributed by atoms with Crippen molar-refractivity contribution >= 4 is 16.2 Å². The van der Waals surface area contributed by atoms with Crippen molar-refractivity contribution in [3.63, 3.8) is 0 Å². The lowest BCUT2D eigenvalue weighted by molar-refractivity contribution is -0.137. The third kappa shape index (κ3) is 6.17. The quantitative estimate of drug-likeness (QED) is 0.459. The predicted molar refractivity (Wildman–Crippen MR) is 140 cm³/mol. The zero-order chi connectivity index (χ0) is 27.7. The van der Waals surface area contributed by atoms with Crippen LogP contribution in [0.4, 0.5) is 13.2 Å². The van der Waals surface area contributed by atoms with Crippen molar-refractivity contribution in [2.45, 2.75) is 74.1 Å². The van der Waals surface area contributed by atoms with Gasteiger partial charge in [-0.2, -0.15) is 18.3 Å². The smallest absolute Gasteiger partial charge is 0.416 e. The number of likely N-dealkylation sites (tertiary alicyclic amines) is 1. The number of ether oxygens (including phenoxy) is 1. The molecule has 5 rings (SSSR count). The van der Waals surface area contributed by atoms with E-state index in [0.29, 0.717) is 19.1 Å². The molecule has 3 aliphatic rings. The van der Waals surface area contributed by atoms with E-state index in [2.05, 4.69) is 43.3 Å². The molecule has 39 heavy (non-hydrogen) atoms. The average molecular weight is 564 g/mol. The number of rotatable bonds is 8. The normalized spacial score (nSPS) is 24.4. The third-order valence-corrected chi connectivity index (χ3v) is 9.19. The minimum absolute atomic E-state index is 0.152. The van der Waals surface area contributed by atoms with Gasteiger partial charge in [-0.1, -0.05) is 24.6 Å². The number of fused-ring (bicyclic) bond motifs is 1. The second-order valence-corrected chi connectivity index (χ2v) is 12.3. The fourth-order valence-corrected chi connectivity index (χ4v) is 7.08. The molecule has 0 amide bonds. The van der Waals surface area contributed by atoms with Crippen LogP contribution in [-0.2, 0) is 22.7 Å². The second-order valence-electron chi connectivity index (χ2n) is 10.6. The summed E-state index contributed by atoms with van der Waals surface area (Å²) in [6, 6.07) is 9.27. The molecule has 1 saturated heterocycles. The summed E-state index contributed by atoms with van der Waals surface area (Å²) in [4.78, 5) is 2.00. The fraction of sp³-hybridized carbons (Fsp3) is 0.519. The lowest BCUT2D eigenvalue weighted by Gasteiger charge is -2.37. The zero-order valence-electron chi connectivity index (χ0n) is 21.7. The van der Waals surface area contributed by atoms with Gasteiger partial charge in [-0.3, -0.25) is 4.90 Å². The van der Waals surface area contributed by atoms with Gasteiger partial charge in [-0.05, 0) is 80.7 Å². The van der Waals surface area contributed by atoms with Gasteiger partial charge < -0.3 is 4.74 Å². The maximum absolute atomic E-state index is 13.1. The number of benzene rings is 2. The van der Waals surface area contributed by atoms with Gasteiger partial charge in [0.15, 0.2) is 0 Å². The molecule has 12 heteroatoms. The van der Waals surface area contributed by atoms with E-state index in [1.165, 1.54) is 24.8 Å². The first-order chi connectivity index (χ1) is 18.6. The van der Waals surface area contributed by atoms with Crippen LogP contribution in [0.15, 0.2) is 62.8 Å². The van der Waals surface area contributed by atoms with E-state index in [9.17, 15) is 21.6 Å². The molecular weight excluding hydrogens is 531 g/mol. The fourth-order valence-electron chi connectivity index (χ4n) is 5.79. The number of alkyl halides is 3. The number of nitrogens with one attached hydrogen (secondary N) is 1. The summed E-state index contributed by atoms with van der Waals surface area (Å²) in [5.41, 5.74) is 0.200. The molecule has 2 aromatic rings. The van der Waals surface area contributed by atoms with E-state index in [-0.39, 0.29) is 12.3 Å². The number of sulfonamides is 1. The molecule has 3 unspecified atom stereocenters. The van der Waals surface area contributed by atoms with Crippen LogP contribution in [0.3, 0.4) is 0 Å². The van der Waals surface area contributed by atoms with Gasteiger partial charge >= 0.3 is 6.18 Å². The topological polar surface area (TPSA) is 95.7 Å². The minimum Gasteiger partial charge on any atom is -0.493 e. The molecule has 210 valence electrons. The summed E-state index contributed by atoms with van der Waals surface area (Å²) in [5, 5.41) is 12.3. The summed E-state index contributed by atoms with van der Waals surface area (Å²) < 4.78 is 74.0. The Bertz CT molecular complexity index is 1340. The third-order valence-electron chi connectivity index (χ3n) is 7.60. The highest BCUT2D eigenvalue weighted by Gasteiger charge is 2.45. The summed E-state index contributed by atoms with van der Waals surface area (Å²) in [5.74, 6) is 0.633. The molecule has 2 aromatic carbocycles. The molecule has 3 aliphatic heterocycles. The first-order valence-corrected chi connectivity index (χ1v) is 14.7. The summed E-state index contributed by atoms with van der Waals surface area (Å²) in [6.45, 7) is 5.18. The molecule has 0 bridgehead atoms. The van der Waals surface area contributed by atoms with Crippen molar-refractivity contribution < 1.29 is 26.3 Å². The van der Waals surface area contributed by atoms with E-state index >= 15 is 0 Å². The van der Waals surface area contributed by atoms with Crippen molar-refractivity contribution in [1.82, 2.24) is 9.62 Å². The molecule has 0 spiro atoms. The Morgan fingerprint density at radius 1 is 1.15 bits per heavy atom. The molecule has 0 aromatic heterocycles. The molecule has 0 radical (unpaired) electrons. The van der Waals surface area contributed by atoms with Crippen LogP contribution >= 0.6 is 0 Å². The largest absolute Gasteiger partial charge is 0.493 e. The molecule has 0 saturated carbocycles. The summed E-state index contributed by atoms with van der Waals surface area (Å²) in [6.07, 6.45) is 1.56. The Labute approximate surface area is 226 Å². The van der Waals surface area contributed by atoms with E-state index in [1.807, 2.05) is 0 Å². The lowest BCUT2D eigenvalue weighted by atomic mass is 9.74. The second kappa shape index (κ2) is 11.0. The van der Waals surface area contributed by atoms with Crippen LogP contribution in [0.2, 0.25) is 0 Å². The monoisotopic (exact) mass is 563 g/mol. The van der Waals surface area contributed by atoms with Crippen molar-refractivity contribution in [2.75, 3.05) is 19.7 Å². The van der Waals surface area contributed by atoms with E-state index < -0.39 is 38.2 Å². The highest BCUT2D eigenvalue weighted by Crippen LogP contribution is 2.45. The highest BCUT2D eigenvalue weighted by molar-refractivity contribution is 7.89. The van der Waals surface area contributed by atoms with Gasteiger partial charge in [0, 0.05) is 24.1 Å². The predicted octanol–water partition coefficient (Wildman–Crippen LogP) is 5.50. The van der Waals surface area contributed by atoms with Gasteiger partial charge in [0.1, 0.15) is 11.3 Å². The van der Waals surface area contributed by atoms with E-state index in [0.717, 1.165) is 49.1 Å². The SMILES string of the molecule is CC(CC1(C2CCOc3cc(CN4CCCCC4)ccc32)C=NN=N1)NS(=O)(=O)c1cccc(C(F)(F)F)c1. The summed E-state index contributed by atoms with van der Waals surface area (Å²) in [7, 11) is -4.22. The maximum atomic E-state index is 13.1. The number of hydrogen-bond acceptors (Lipinski definition) is 7. The molecule has 1 fully saturated rings. The minimum atomic E-state index is -4.65. The van der Waals surface area contributed by atoms with Crippen LogP contribution in [0.5, 0.6) is 5.75 Å². The molecular formula is C27H32F3N5O3S. The Balaban J connectivity index is 1.34. The Hall–Kier alpha value is -2.83. The van der Waals surface area contributed by atoms with Crippen molar-refractivity contribution in [3.05, 3.63) is 59.2 Å². The van der Waals surface area contributed by atoms with Gasteiger partial charge in [-0.15, -0.1) is 5.10 Å². The van der Waals surface area contributed by atoms with E-state index in [1.54, 1.807) is 13.1 Å².